The molecule has 0 saturated heterocycles. The smallest absolute Gasteiger partial charge is 0.269 e. The van der Waals surface area contributed by atoms with Crippen LogP contribution in [0, 0.1) is 0 Å². The van der Waals surface area contributed by atoms with E-state index in [9.17, 15) is 13.2 Å². The number of thiocarbonyl (C=S) groups is 1. The zero-order chi connectivity index (χ0) is 24.3. The molecule has 34 heavy (non-hydrogen) atoms. The van der Waals surface area contributed by atoms with Gasteiger partial charge in [-0.05, 0) is 67.5 Å². The number of amides is 1. The van der Waals surface area contributed by atoms with E-state index in [4.69, 9.17) is 28.6 Å². The number of ether oxygens (including phenoxy) is 1. The minimum absolute atomic E-state index is 0.0128. The molecule has 1 heterocycles. The van der Waals surface area contributed by atoms with Gasteiger partial charge in [-0.25, -0.2) is 13.1 Å². The summed E-state index contributed by atoms with van der Waals surface area (Å²) in [6.07, 6.45) is 4.97. The van der Waals surface area contributed by atoms with Gasteiger partial charge in [0.05, 0.1) is 17.0 Å². The summed E-state index contributed by atoms with van der Waals surface area (Å²) < 4.78 is 34.1. The summed E-state index contributed by atoms with van der Waals surface area (Å²) in [4.78, 5) is 13.3. The zero-order valence-electron chi connectivity index (χ0n) is 18.4. The molecule has 1 saturated carbocycles. The number of thiophene rings is 1. The molecular weight excluding hydrogens is 514 g/mol. The minimum Gasteiger partial charge on any atom is -0.497 e. The number of rotatable bonds is 6. The Hall–Kier alpha value is -2.24. The Morgan fingerprint density at radius 3 is 2.50 bits per heavy atom. The molecule has 0 spiro atoms. The number of carbonyl (C=O) groups excluding carboxylic acids is 1. The van der Waals surface area contributed by atoms with Gasteiger partial charge in [-0.2, -0.15) is 0 Å². The summed E-state index contributed by atoms with van der Waals surface area (Å²) in [6.45, 7) is 0. The maximum Gasteiger partial charge on any atom is 0.269 e. The van der Waals surface area contributed by atoms with E-state index in [0.29, 0.717) is 21.3 Å². The first-order valence-electron chi connectivity index (χ1n) is 10.8. The van der Waals surface area contributed by atoms with Crippen LogP contribution in [0.15, 0.2) is 47.4 Å². The molecule has 1 aliphatic rings. The SMILES string of the molecule is COc1ccc2c(Cl)c(C(=O)NC(=S)Nc3ccc(S(=O)(=O)NC4CCCCC4)cc3)sc2c1. The molecule has 1 aromatic heterocycles. The van der Waals surface area contributed by atoms with E-state index in [0.717, 1.165) is 42.2 Å². The second kappa shape index (κ2) is 10.6. The van der Waals surface area contributed by atoms with Gasteiger partial charge in [-0.15, -0.1) is 11.3 Å². The first-order valence-corrected chi connectivity index (χ1v) is 13.9. The van der Waals surface area contributed by atoms with Gasteiger partial charge in [0.1, 0.15) is 10.6 Å². The van der Waals surface area contributed by atoms with Crippen LogP contribution in [0.1, 0.15) is 41.8 Å². The lowest BCUT2D eigenvalue weighted by Crippen LogP contribution is -2.36. The highest BCUT2D eigenvalue weighted by molar-refractivity contribution is 7.89. The van der Waals surface area contributed by atoms with Crippen LogP contribution in [0.2, 0.25) is 5.02 Å². The predicted molar refractivity (Wildman–Crippen MR) is 141 cm³/mol. The molecule has 0 unspecified atom stereocenters. The summed E-state index contributed by atoms with van der Waals surface area (Å²) in [5, 5.41) is 6.70. The number of methoxy groups -OCH3 is 1. The average molecular weight is 538 g/mol. The molecule has 11 heteroatoms. The van der Waals surface area contributed by atoms with E-state index in [1.165, 1.54) is 23.5 Å². The molecule has 0 bridgehead atoms. The molecular formula is C23H24ClN3O4S3. The third-order valence-corrected chi connectivity index (χ3v) is 9.02. The Morgan fingerprint density at radius 1 is 1.12 bits per heavy atom. The van der Waals surface area contributed by atoms with Gasteiger partial charge in [0.2, 0.25) is 10.0 Å². The lowest BCUT2D eigenvalue weighted by Gasteiger charge is -2.22. The van der Waals surface area contributed by atoms with E-state index in [2.05, 4.69) is 15.4 Å². The number of halogens is 1. The monoisotopic (exact) mass is 537 g/mol. The first-order chi connectivity index (χ1) is 16.3. The fourth-order valence-corrected chi connectivity index (χ4v) is 6.82. The largest absolute Gasteiger partial charge is 0.497 e. The quantitative estimate of drug-likeness (QED) is 0.369. The molecule has 180 valence electrons. The van der Waals surface area contributed by atoms with Crippen molar-refractivity contribution in [3.05, 3.63) is 52.4 Å². The molecule has 3 N–H and O–H groups in total. The Balaban J connectivity index is 1.39. The van der Waals surface area contributed by atoms with Crippen molar-refractivity contribution in [2.45, 2.75) is 43.0 Å². The predicted octanol–water partition coefficient (Wildman–Crippen LogP) is 5.30. The van der Waals surface area contributed by atoms with Crippen LogP contribution in [-0.2, 0) is 10.0 Å². The molecule has 3 aromatic rings. The number of carbonyl (C=O) groups is 1. The highest BCUT2D eigenvalue weighted by Gasteiger charge is 2.22. The highest BCUT2D eigenvalue weighted by atomic mass is 35.5. The Kier molecular flexibility index (Phi) is 7.73. The third kappa shape index (κ3) is 5.69. The van der Waals surface area contributed by atoms with E-state index < -0.39 is 15.9 Å². The maximum atomic E-state index is 12.7. The molecule has 1 amide bonds. The number of fused-ring (bicyclic) bond motifs is 1. The van der Waals surface area contributed by atoms with Crippen LogP contribution < -0.4 is 20.1 Å². The molecule has 0 atom stereocenters. The van der Waals surface area contributed by atoms with Crippen LogP contribution in [-0.4, -0.2) is 32.6 Å². The second-order valence-electron chi connectivity index (χ2n) is 8.00. The van der Waals surface area contributed by atoms with Crippen molar-refractivity contribution in [2.24, 2.45) is 0 Å². The average Bonchev–Trinajstić information content (AvgIpc) is 3.15. The number of hydrogen-bond acceptors (Lipinski definition) is 6. The van der Waals surface area contributed by atoms with Gasteiger partial charge in [0.25, 0.3) is 5.91 Å². The second-order valence-corrected chi connectivity index (χ2v) is 11.5. The lowest BCUT2D eigenvalue weighted by molar-refractivity contribution is 0.0982. The van der Waals surface area contributed by atoms with Gasteiger partial charge >= 0.3 is 0 Å². The minimum atomic E-state index is -3.59. The maximum absolute atomic E-state index is 12.7. The van der Waals surface area contributed by atoms with Crippen LogP contribution in [0.25, 0.3) is 10.1 Å². The van der Waals surface area contributed by atoms with Gasteiger partial charge in [-0.3, -0.25) is 10.1 Å². The number of benzene rings is 2. The summed E-state index contributed by atoms with van der Waals surface area (Å²) >= 11 is 12.9. The van der Waals surface area contributed by atoms with Crippen LogP contribution >= 0.6 is 35.2 Å². The van der Waals surface area contributed by atoms with Crippen LogP contribution in [0.3, 0.4) is 0 Å². The fourth-order valence-electron chi connectivity index (χ4n) is 3.87. The third-order valence-electron chi connectivity index (χ3n) is 5.62. The van der Waals surface area contributed by atoms with Crippen molar-refractivity contribution in [2.75, 3.05) is 12.4 Å². The number of hydrogen-bond donors (Lipinski definition) is 3. The van der Waals surface area contributed by atoms with Gasteiger partial charge < -0.3 is 10.1 Å². The van der Waals surface area contributed by atoms with Crippen LogP contribution in [0.5, 0.6) is 5.75 Å². The Bertz CT molecular complexity index is 1320. The Labute approximate surface area is 212 Å². The van der Waals surface area contributed by atoms with Gasteiger partial charge in [0.15, 0.2) is 5.11 Å². The molecule has 1 aliphatic carbocycles. The van der Waals surface area contributed by atoms with E-state index >= 15 is 0 Å². The van der Waals surface area contributed by atoms with Crippen molar-refractivity contribution in [3.63, 3.8) is 0 Å². The topological polar surface area (TPSA) is 96.5 Å². The Morgan fingerprint density at radius 2 is 1.82 bits per heavy atom. The summed E-state index contributed by atoms with van der Waals surface area (Å²) in [5.74, 6) is 0.243. The van der Waals surface area contributed by atoms with Crippen molar-refractivity contribution in [3.8, 4) is 5.75 Å². The number of nitrogens with one attached hydrogen (secondary N) is 3. The number of sulfonamides is 1. The highest BCUT2D eigenvalue weighted by Crippen LogP contribution is 2.37. The van der Waals surface area contributed by atoms with E-state index in [1.807, 2.05) is 6.07 Å². The van der Waals surface area contributed by atoms with Crippen LogP contribution in [0.4, 0.5) is 5.69 Å². The standard InChI is InChI=1S/C23H24ClN3O4S3/c1-31-16-9-12-18-19(13-16)33-21(20(18)24)22(28)26-23(32)25-14-7-10-17(11-8-14)34(29,30)27-15-5-3-2-4-6-15/h7-13,15,27H,2-6H2,1H3,(H2,25,26,28,32). The van der Waals surface area contributed by atoms with E-state index in [-0.39, 0.29) is 16.0 Å². The molecule has 0 radical (unpaired) electrons. The molecule has 0 aliphatic heterocycles. The molecule has 1 fully saturated rings. The van der Waals surface area contributed by atoms with Gasteiger partial charge in [0, 0.05) is 21.8 Å². The lowest BCUT2D eigenvalue weighted by atomic mass is 9.96. The van der Waals surface area contributed by atoms with Crippen molar-refractivity contribution in [1.82, 2.24) is 10.0 Å². The summed E-state index contributed by atoms with van der Waals surface area (Å²) in [5.41, 5.74) is 0.550. The van der Waals surface area contributed by atoms with Gasteiger partial charge in [-0.1, -0.05) is 30.9 Å². The fraction of sp³-hybridized carbons (Fsp3) is 0.304. The first kappa shape index (κ1) is 24.9. The van der Waals surface area contributed by atoms with Crippen molar-refractivity contribution >= 4 is 72.0 Å². The van der Waals surface area contributed by atoms with E-state index in [1.54, 1.807) is 31.4 Å². The normalized spacial score (nSPS) is 14.6. The van der Waals surface area contributed by atoms with Crippen molar-refractivity contribution in [1.29, 1.82) is 0 Å². The molecule has 2 aromatic carbocycles. The number of anilines is 1. The van der Waals surface area contributed by atoms with Crippen molar-refractivity contribution < 1.29 is 17.9 Å². The summed E-state index contributed by atoms with van der Waals surface area (Å²) in [7, 11) is -2.01. The summed E-state index contributed by atoms with van der Waals surface area (Å²) in [6, 6.07) is 11.6. The molecule has 7 nitrogen and oxygen atoms in total. The zero-order valence-corrected chi connectivity index (χ0v) is 21.6. The molecule has 4 rings (SSSR count).